The Morgan fingerprint density at radius 1 is 1.50 bits per heavy atom. The molecule has 0 aliphatic heterocycles. The standard InChI is InChI=1S/C11H12BrIN2O3/c12-7-2-1-6(5-8(7)13)15-11(18)9(14)3-4-10(16)17/h1-2,5,9H,3-4,14H2,(H,15,18)(H,16,17). The van der Waals surface area contributed by atoms with Gasteiger partial charge in [0.1, 0.15) is 0 Å². The Kier molecular flexibility index (Phi) is 6.03. The first kappa shape index (κ1) is 15.4. The minimum absolute atomic E-state index is 0.119. The Labute approximate surface area is 126 Å². The second kappa shape index (κ2) is 7.05. The summed E-state index contributed by atoms with van der Waals surface area (Å²) in [4.78, 5) is 22.1. The van der Waals surface area contributed by atoms with Gasteiger partial charge >= 0.3 is 5.97 Å². The van der Waals surface area contributed by atoms with E-state index in [4.69, 9.17) is 10.8 Å². The molecule has 0 saturated heterocycles. The number of carboxylic acid groups (broad SMARTS) is 1. The molecule has 0 heterocycles. The molecule has 1 atom stereocenters. The minimum Gasteiger partial charge on any atom is -0.481 e. The van der Waals surface area contributed by atoms with Gasteiger partial charge in [0, 0.05) is 20.2 Å². The molecule has 98 valence electrons. The van der Waals surface area contributed by atoms with Crippen LogP contribution in [0.1, 0.15) is 12.8 Å². The van der Waals surface area contributed by atoms with E-state index in [1.54, 1.807) is 12.1 Å². The topological polar surface area (TPSA) is 92.4 Å². The SMILES string of the molecule is NC(CCC(=O)O)C(=O)Nc1ccc(Br)c(I)c1. The summed E-state index contributed by atoms with van der Waals surface area (Å²) in [6, 6.07) is 4.54. The summed E-state index contributed by atoms with van der Waals surface area (Å²) in [5, 5.41) is 11.2. The first-order chi connectivity index (χ1) is 8.40. The van der Waals surface area contributed by atoms with Crippen LogP contribution in [-0.2, 0) is 9.59 Å². The molecule has 1 unspecified atom stereocenters. The van der Waals surface area contributed by atoms with Crippen molar-refractivity contribution in [2.24, 2.45) is 5.73 Å². The van der Waals surface area contributed by atoms with E-state index in [0.29, 0.717) is 5.69 Å². The van der Waals surface area contributed by atoms with Crippen LogP contribution in [0.25, 0.3) is 0 Å². The molecule has 4 N–H and O–H groups in total. The van der Waals surface area contributed by atoms with Crippen molar-refractivity contribution in [1.82, 2.24) is 0 Å². The average molecular weight is 427 g/mol. The predicted molar refractivity (Wildman–Crippen MR) is 80.3 cm³/mol. The van der Waals surface area contributed by atoms with E-state index in [9.17, 15) is 9.59 Å². The van der Waals surface area contributed by atoms with Gasteiger partial charge in [0.15, 0.2) is 0 Å². The largest absolute Gasteiger partial charge is 0.481 e. The number of amides is 1. The Balaban J connectivity index is 2.58. The molecule has 7 heteroatoms. The van der Waals surface area contributed by atoms with Gasteiger partial charge in [-0.2, -0.15) is 0 Å². The molecule has 0 fully saturated rings. The Morgan fingerprint density at radius 2 is 2.17 bits per heavy atom. The van der Waals surface area contributed by atoms with Crippen molar-refractivity contribution >= 4 is 56.1 Å². The van der Waals surface area contributed by atoms with Crippen LogP contribution in [0.5, 0.6) is 0 Å². The Morgan fingerprint density at radius 3 is 2.72 bits per heavy atom. The summed E-state index contributed by atoms with van der Waals surface area (Å²) in [5.74, 6) is -1.34. The fraction of sp³-hybridized carbons (Fsp3) is 0.273. The van der Waals surface area contributed by atoms with Crippen molar-refractivity contribution in [3.05, 3.63) is 26.2 Å². The zero-order valence-corrected chi connectivity index (χ0v) is 13.1. The average Bonchev–Trinajstić information content (AvgIpc) is 2.30. The predicted octanol–water partition coefficient (Wildman–Crippen LogP) is 2.18. The van der Waals surface area contributed by atoms with Gasteiger partial charge < -0.3 is 16.2 Å². The van der Waals surface area contributed by atoms with E-state index in [1.165, 1.54) is 0 Å². The lowest BCUT2D eigenvalue weighted by Gasteiger charge is -2.11. The molecule has 0 spiro atoms. The van der Waals surface area contributed by atoms with Crippen LogP contribution in [0.15, 0.2) is 22.7 Å². The summed E-state index contributed by atoms with van der Waals surface area (Å²) < 4.78 is 1.90. The third kappa shape index (κ3) is 4.91. The summed E-state index contributed by atoms with van der Waals surface area (Å²) in [6.45, 7) is 0. The molecular weight excluding hydrogens is 415 g/mol. The number of hydrogen-bond donors (Lipinski definition) is 3. The molecule has 0 aliphatic rings. The van der Waals surface area contributed by atoms with Gasteiger partial charge in [-0.05, 0) is 63.1 Å². The van der Waals surface area contributed by atoms with E-state index in [-0.39, 0.29) is 18.7 Å². The zero-order valence-electron chi connectivity index (χ0n) is 9.32. The zero-order chi connectivity index (χ0) is 13.7. The number of carboxylic acids is 1. The van der Waals surface area contributed by atoms with Crippen LogP contribution in [0, 0.1) is 3.57 Å². The quantitative estimate of drug-likeness (QED) is 0.629. The monoisotopic (exact) mass is 426 g/mol. The number of nitrogens with one attached hydrogen (secondary N) is 1. The fourth-order valence-electron chi connectivity index (χ4n) is 1.22. The van der Waals surface area contributed by atoms with Crippen LogP contribution >= 0.6 is 38.5 Å². The lowest BCUT2D eigenvalue weighted by Crippen LogP contribution is -2.36. The number of carbonyl (C=O) groups excluding carboxylic acids is 1. The number of rotatable bonds is 5. The van der Waals surface area contributed by atoms with Gasteiger partial charge in [0.2, 0.25) is 5.91 Å². The lowest BCUT2D eigenvalue weighted by molar-refractivity contribution is -0.137. The highest BCUT2D eigenvalue weighted by molar-refractivity contribution is 14.1. The minimum atomic E-state index is -0.962. The lowest BCUT2D eigenvalue weighted by atomic mass is 10.1. The maximum absolute atomic E-state index is 11.7. The third-order valence-electron chi connectivity index (χ3n) is 2.19. The molecule has 1 aromatic rings. The van der Waals surface area contributed by atoms with Crippen LogP contribution < -0.4 is 11.1 Å². The third-order valence-corrected chi connectivity index (χ3v) is 4.52. The first-order valence-electron chi connectivity index (χ1n) is 5.13. The summed E-state index contributed by atoms with van der Waals surface area (Å²) in [5.41, 5.74) is 6.23. The van der Waals surface area contributed by atoms with Crippen LogP contribution in [0.4, 0.5) is 5.69 Å². The van der Waals surface area contributed by atoms with E-state index in [0.717, 1.165) is 8.04 Å². The van der Waals surface area contributed by atoms with Gasteiger partial charge in [-0.3, -0.25) is 9.59 Å². The van der Waals surface area contributed by atoms with E-state index < -0.39 is 12.0 Å². The fourth-order valence-corrected chi connectivity index (χ4v) is 1.98. The first-order valence-corrected chi connectivity index (χ1v) is 7.00. The van der Waals surface area contributed by atoms with Gasteiger partial charge in [0.25, 0.3) is 0 Å². The number of aliphatic carboxylic acids is 1. The molecule has 1 amide bonds. The number of benzene rings is 1. The number of carbonyl (C=O) groups is 2. The van der Waals surface area contributed by atoms with E-state index in [1.807, 2.05) is 6.07 Å². The molecule has 0 aliphatic carbocycles. The van der Waals surface area contributed by atoms with Crippen molar-refractivity contribution < 1.29 is 14.7 Å². The Hall–Kier alpha value is -0.670. The molecule has 0 radical (unpaired) electrons. The number of hydrogen-bond acceptors (Lipinski definition) is 3. The van der Waals surface area contributed by atoms with Crippen LogP contribution in [0.3, 0.4) is 0 Å². The second-order valence-electron chi connectivity index (χ2n) is 3.66. The second-order valence-corrected chi connectivity index (χ2v) is 5.67. The highest BCUT2D eigenvalue weighted by atomic mass is 127. The van der Waals surface area contributed by atoms with Gasteiger partial charge in [-0.25, -0.2) is 0 Å². The number of anilines is 1. The summed E-state index contributed by atoms with van der Waals surface area (Å²) >= 11 is 5.49. The number of halogens is 2. The van der Waals surface area contributed by atoms with Crippen molar-refractivity contribution in [2.75, 3.05) is 5.32 Å². The van der Waals surface area contributed by atoms with Gasteiger partial charge in [-0.15, -0.1) is 0 Å². The maximum Gasteiger partial charge on any atom is 0.303 e. The molecular formula is C11H12BrIN2O3. The molecule has 0 bridgehead atoms. The van der Waals surface area contributed by atoms with Crippen LogP contribution in [0.2, 0.25) is 0 Å². The summed E-state index contributed by atoms with van der Waals surface area (Å²) in [7, 11) is 0. The van der Waals surface area contributed by atoms with Crippen molar-refractivity contribution in [3.8, 4) is 0 Å². The molecule has 1 rings (SSSR count). The molecule has 5 nitrogen and oxygen atoms in total. The molecule has 1 aromatic carbocycles. The van der Waals surface area contributed by atoms with Crippen molar-refractivity contribution in [2.45, 2.75) is 18.9 Å². The normalized spacial score (nSPS) is 11.9. The van der Waals surface area contributed by atoms with Gasteiger partial charge in [-0.1, -0.05) is 0 Å². The highest BCUT2D eigenvalue weighted by Crippen LogP contribution is 2.22. The number of nitrogens with two attached hydrogens (primary N) is 1. The molecule has 18 heavy (non-hydrogen) atoms. The van der Waals surface area contributed by atoms with Crippen LogP contribution in [-0.4, -0.2) is 23.0 Å². The van der Waals surface area contributed by atoms with Crippen molar-refractivity contribution in [1.29, 1.82) is 0 Å². The van der Waals surface area contributed by atoms with Gasteiger partial charge in [0.05, 0.1) is 6.04 Å². The molecule has 0 aromatic heterocycles. The van der Waals surface area contributed by atoms with Crippen molar-refractivity contribution in [3.63, 3.8) is 0 Å². The van der Waals surface area contributed by atoms with E-state index >= 15 is 0 Å². The summed E-state index contributed by atoms with van der Waals surface area (Å²) in [6.07, 6.45) is 0.00124. The maximum atomic E-state index is 11.7. The highest BCUT2D eigenvalue weighted by Gasteiger charge is 2.15. The Bertz CT molecular complexity index is 468. The van der Waals surface area contributed by atoms with E-state index in [2.05, 4.69) is 43.8 Å². The molecule has 0 saturated carbocycles. The smallest absolute Gasteiger partial charge is 0.303 e.